The highest BCUT2D eigenvalue weighted by molar-refractivity contribution is 6.30. The number of methoxy groups -OCH3 is 1. The minimum absolute atomic E-state index is 0.493. The van der Waals surface area contributed by atoms with Crippen LogP contribution in [-0.4, -0.2) is 27.3 Å². The van der Waals surface area contributed by atoms with Crippen molar-refractivity contribution in [2.45, 2.75) is 6.54 Å². The average molecular weight is 229 g/mol. The third kappa shape index (κ3) is 3.38. The molecule has 0 unspecified atom stereocenters. The summed E-state index contributed by atoms with van der Waals surface area (Å²) in [6, 6.07) is 5.76. The van der Waals surface area contributed by atoms with Crippen LogP contribution in [0.4, 0.5) is 5.69 Å². The van der Waals surface area contributed by atoms with Crippen molar-refractivity contribution in [1.82, 2.24) is 0 Å². The molecule has 0 atom stereocenters. The Kier molecular flexibility index (Phi) is 4.88. The Labute approximate surface area is 95.8 Å². The normalized spacial score (nSPS) is 10.4. The van der Waals surface area contributed by atoms with Crippen LogP contribution in [0.1, 0.15) is 5.56 Å². The third-order valence-corrected chi connectivity index (χ3v) is 2.54. The van der Waals surface area contributed by atoms with Gasteiger partial charge in [0.05, 0.1) is 6.61 Å². The van der Waals surface area contributed by atoms with Gasteiger partial charge in [-0.25, -0.2) is 0 Å². The van der Waals surface area contributed by atoms with Gasteiger partial charge in [0.1, 0.15) is 0 Å². The van der Waals surface area contributed by atoms with E-state index in [4.69, 9.17) is 22.1 Å². The van der Waals surface area contributed by atoms with Crippen LogP contribution in [-0.2, 0) is 11.3 Å². The van der Waals surface area contributed by atoms with E-state index in [0.717, 1.165) is 22.8 Å². The quantitative estimate of drug-likeness (QED) is 0.837. The van der Waals surface area contributed by atoms with Gasteiger partial charge in [-0.15, -0.1) is 0 Å². The van der Waals surface area contributed by atoms with Crippen LogP contribution in [0.2, 0.25) is 5.02 Å². The fourth-order valence-corrected chi connectivity index (χ4v) is 1.63. The average Bonchev–Trinajstić information content (AvgIpc) is 2.25. The van der Waals surface area contributed by atoms with E-state index in [2.05, 4.69) is 4.90 Å². The van der Waals surface area contributed by atoms with Crippen molar-refractivity contribution in [3.05, 3.63) is 28.8 Å². The molecule has 0 aromatic heterocycles. The molecule has 0 aliphatic heterocycles. The molecule has 84 valence electrons. The molecule has 0 aliphatic rings. The predicted molar refractivity (Wildman–Crippen MR) is 64.5 cm³/mol. The number of hydrogen-bond donors (Lipinski definition) is 1. The lowest BCUT2D eigenvalue weighted by Crippen LogP contribution is -2.23. The smallest absolute Gasteiger partial charge is 0.0637 e. The van der Waals surface area contributed by atoms with E-state index in [-0.39, 0.29) is 0 Å². The van der Waals surface area contributed by atoms with E-state index in [1.165, 1.54) is 0 Å². The lowest BCUT2D eigenvalue weighted by molar-refractivity contribution is 0.206. The van der Waals surface area contributed by atoms with Crippen molar-refractivity contribution in [1.29, 1.82) is 0 Å². The van der Waals surface area contributed by atoms with Gasteiger partial charge in [-0.3, -0.25) is 0 Å². The molecule has 1 rings (SSSR count). The molecule has 4 heteroatoms. The molecule has 1 aromatic rings. The molecule has 0 aliphatic carbocycles. The first-order valence-electron chi connectivity index (χ1n) is 4.87. The number of ether oxygens (including phenoxy) is 1. The van der Waals surface area contributed by atoms with Crippen LogP contribution in [0.15, 0.2) is 18.2 Å². The maximum atomic E-state index is 5.91. The van der Waals surface area contributed by atoms with Crippen molar-refractivity contribution in [3.8, 4) is 0 Å². The molecule has 0 amide bonds. The molecule has 2 N–H and O–H groups in total. The van der Waals surface area contributed by atoms with Gasteiger partial charge in [0, 0.05) is 38.0 Å². The Balaban J connectivity index is 2.82. The summed E-state index contributed by atoms with van der Waals surface area (Å²) in [5.41, 5.74) is 7.84. The zero-order valence-electron chi connectivity index (χ0n) is 9.16. The Hall–Kier alpha value is -0.770. The summed E-state index contributed by atoms with van der Waals surface area (Å²) in [6.45, 7) is 2.03. The molecule has 0 bridgehead atoms. The van der Waals surface area contributed by atoms with E-state index in [0.29, 0.717) is 13.2 Å². The van der Waals surface area contributed by atoms with Gasteiger partial charge in [0.25, 0.3) is 0 Å². The molecule has 1 aromatic carbocycles. The standard InChI is InChI=1S/C11H17ClN2O/c1-14(5-6-15-2)11-4-3-10(12)7-9(11)8-13/h3-4,7H,5-6,8,13H2,1-2H3. The van der Waals surface area contributed by atoms with E-state index in [1.54, 1.807) is 7.11 Å². The van der Waals surface area contributed by atoms with Gasteiger partial charge in [-0.1, -0.05) is 11.6 Å². The number of rotatable bonds is 5. The summed E-state index contributed by atoms with van der Waals surface area (Å²) in [4.78, 5) is 2.11. The van der Waals surface area contributed by atoms with Crippen LogP contribution in [0, 0.1) is 0 Å². The third-order valence-electron chi connectivity index (χ3n) is 2.30. The molecule has 0 radical (unpaired) electrons. The largest absolute Gasteiger partial charge is 0.383 e. The maximum absolute atomic E-state index is 5.91. The van der Waals surface area contributed by atoms with Crippen molar-refractivity contribution >= 4 is 17.3 Å². The number of benzene rings is 1. The Bertz CT molecular complexity index is 317. The monoisotopic (exact) mass is 228 g/mol. The summed E-state index contributed by atoms with van der Waals surface area (Å²) in [7, 11) is 3.71. The highest BCUT2D eigenvalue weighted by Crippen LogP contribution is 2.22. The lowest BCUT2D eigenvalue weighted by atomic mass is 10.1. The molecule has 3 nitrogen and oxygen atoms in total. The van der Waals surface area contributed by atoms with Gasteiger partial charge in [-0.2, -0.15) is 0 Å². The number of hydrogen-bond acceptors (Lipinski definition) is 3. The maximum Gasteiger partial charge on any atom is 0.0637 e. The van der Waals surface area contributed by atoms with Gasteiger partial charge >= 0.3 is 0 Å². The van der Waals surface area contributed by atoms with Gasteiger partial charge < -0.3 is 15.4 Å². The second-order valence-electron chi connectivity index (χ2n) is 3.39. The van der Waals surface area contributed by atoms with Gasteiger partial charge in [0.15, 0.2) is 0 Å². The Morgan fingerprint density at radius 3 is 2.80 bits per heavy atom. The van der Waals surface area contributed by atoms with E-state index in [1.807, 2.05) is 25.2 Å². The summed E-state index contributed by atoms with van der Waals surface area (Å²) in [5, 5.41) is 0.722. The fraction of sp³-hybridized carbons (Fsp3) is 0.455. The first-order chi connectivity index (χ1) is 7.19. The van der Waals surface area contributed by atoms with E-state index < -0.39 is 0 Å². The number of nitrogens with zero attached hydrogens (tertiary/aromatic N) is 1. The number of halogens is 1. The SMILES string of the molecule is COCCN(C)c1ccc(Cl)cc1CN. The lowest BCUT2D eigenvalue weighted by Gasteiger charge is -2.21. The van der Waals surface area contributed by atoms with Crippen molar-refractivity contribution < 1.29 is 4.74 Å². The Morgan fingerprint density at radius 1 is 1.47 bits per heavy atom. The molecular weight excluding hydrogens is 212 g/mol. The summed E-state index contributed by atoms with van der Waals surface area (Å²) < 4.78 is 5.03. The summed E-state index contributed by atoms with van der Waals surface area (Å²) in [6.07, 6.45) is 0. The van der Waals surface area contributed by atoms with Gasteiger partial charge in [-0.05, 0) is 23.8 Å². The Morgan fingerprint density at radius 2 is 2.20 bits per heavy atom. The first kappa shape index (κ1) is 12.3. The highest BCUT2D eigenvalue weighted by atomic mass is 35.5. The van der Waals surface area contributed by atoms with Crippen LogP contribution < -0.4 is 10.6 Å². The molecule has 15 heavy (non-hydrogen) atoms. The highest BCUT2D eigenvalue weighted by Gasteiger charge is 2.06. The van der Waals surface area contributed by atoms with E-state index >= 15 is 0 Å². The van der Waals surface area contributed by atoms with Crippen LogP contribution >= 0.6 is 11.6 Å². The molecule has 0 spiro atoms. The van der Waals surface area contributed by atoms with Gasteiger partial charge in [0.2, 0.25) is 0 Å². The fourth-order valence-electron chi connectivity index (χ4n) is 1.44. The molecule has 0 saturated carbocycles. The number of likely N-dealkylation sites (N-methyl/N-ethyl adjacent to an activating group) is 1. The van der Waals surface area contributed by atoms with Crippen LogP contribution in [0.3, 0.4) is 0 Å². The zero-order chi connectivity index (χ0) is 11.3. The van der Waals surface area contributed by atoms with Crippen LogP contribution in [0.5, 0.6) is 0 Å². The molecular formula is C11H17ClN2O. The predicted octanol–water partition coefficient (Wildman–Crippen LogP) is 1.88. The van der Waals surface area contributed by atoms with E-state index in [9.17, 15) is 0 Å². The van der Waals surface area contributed by atoms with Crippen molar-refractivity contribution in [2.75, 3.05) is 32.2 Å². The van der Waals surface area contributed by atoms with Crippen LogP contribution in [0.25, 0.3) is 0 Å². The number of anilines is 1. The summed E-state index contributed by atoms with van der Waals surface area (Å²) >= 11 is 5.91. The van der Waals surface area contributed by atoms with Crippen molar-refractivity contribution in [2.24, 2.45) is 5.73 Å². The topological polar surface area (TPSA) is 38.5 Å². The minimum Gasteiger partial charge on any atom is -0.383 e. The zero-order valence-corrected chi connectivity index (χ0v) is 9.92. The summed E-state index contributed by atoms with van der Waals surface area (Å²) in [5.74, 6) is 0. The second-order valence-corrected chi connectivity index (χ2v) is 3.83. The molecule has 0 fully saturated rings. The second kappa shape index (κ2) is 5.95. The molecule has 0 heterocycles. The molecule has 0 saturated heterocycles. The minimum atomic E-state index is 0.493. The van der Waals surface area contributed by atoms with Crippen molar-refractivity contribution in [3.63, 3.8) is 0 Å². The first-order valence-corrected chi connectivity index (χ1v) is 5.25. The number of nitrogens with two attached hydrogens (primary N) is 1.